The Morgan fingerprint density at radius 3 is 2.39 bits per heavy atom. The van der Waals surface area contributed by atoms with Gasteiger partial charge in [0.15, 0.2) is 0 Å². The smallest absolute Gasteiger partial charge is 0.312 e. The monoisotopic (exact) mass is 463 g/mol. The topological polar surface area (TPSA) is 56.3 Å². The Bertz CT molecular complexity index is 854. The largest absolute Gasteiger partial charge is 0.466 e. The summed E-state index contributed by atoms with van der Waals surface area (Å²) in [6.07, 6.45) is 6.16. The number of hydrogen-bond donors (Lipinski definition) is 0. The highest BCUT2D eigenvalue weighted by Gasteiger charge is 2.40. The van der Waals surface area contributed by atoms with Gasteiger partial charge in [0, 0.05) is 28.3 Å². The van der Waals surface area contributed by atoms with Crippen LogP contribution in [-0.2, 0) is 20.7 Å². The van der Waals surface area contributed by atoms with Gasteiger partial charge in [-0.3, -0.25) is 9.59 Å². The molecular weight excluding hydrogens is 430 g/mol. The van der Waals surface area contributed by atoms with E-state index in [1.54, 1.807) is 11.3 Å². The standard InChI is InChI=1S/C23H28ClNO3S.C2H6/c1-3-28-22(27)23(12-5-4-6-13-23)14-11-19(26)15-20-16(2)29-21(25-20)17-7-9-18(24)10-8-17;1-2/h7-10H,3-6,11-15H2,1-2H3;1-2H3. The molecule has 1 aliphatic rings. The fraction of sp³-hybridized carbons (Fsp3) is 0.560. The molecule has 0 amide bonds. The first-order valence-electron chi connectivity index (χ1n) is 11.3. The second kappa shape index (κ2) is 12.4. The number of hydrogen-bond acceptors (Lipinski definition) is 5. The van der Waals surface area contributed by atoms with Crippen LogP contribution in [0.3, 0.4) is 0 Å². The maximum atomic E-state index is 12.7. The van der Waals surface area contributed by atoms with Crippen LogP contribution >= 0.6 is 22.9 Å². The van der Waals surface area contributed by atoms with Crippen molar-refractivity contribution < 1.29 is 14.3 Å². The van der Waals surface area contributed by atoms with E-state index in [4.69, 9.17) is 16.3 Å². The van der Waals surface area contributed by atoms with Crippen LogP contribution in [0.25, 0.3) is 10.6 Å². The summed E-state index contributed by atoms with van der Waals surface area (Å²) in [5.74, 6) is 0.0117. The zero-order chi connectivity index (χ0) is 22.9. The van der Waals surface area contributed by atoms with Crippen LogP contribution in [0.15, 0.2) is 24.3 Å². The van der Waals surface area contributed by atoms with E-state index in [0.29, 0.717) is 30.9 Å². The molecule has 0 spiro atoms. The summed E-state index contributed by atoms with van der Waals surface area (Å²) in [6, 6.07) is 7.58. The predicted molar refractivity (Wildman–Crippen MR) is 129 cm³/mol. The molecule has 1 fully saturated rings. The van der Waals surface area contributed by atoms with Gasteiger partial charge in [0.1, 0.15) is 10.8 Å². The fourth-order valence-electron chi connectivity index (χ4n) is 4.03. The molecule has 1 aromatic heterocycles. The van der Waals surface area contributed by atoms with Crippen LogP contribution in [0.2, 0.25) is 5.02 Å². The second-order valence-corrected chi connectivity index (χ2v) is 9.45. The zero-order valence-electron chi connectivity index (χ0n) is 19.1. The average Bonchev–Trinajstić information content (AvgIpc) is 3.15. The van der Waals surface area contributed by atoms with Gasteiger partial charge in [-0.25, -0.2) is 4.98 Å². The Morgan fingerprint density at radius 1 is 1.13 bits per heavy atom. The van der Waals surface area contributed by atoms with Gasteiger partial charge in [0.2, 0.25) is 0 Å². The summed E-state index contributed by atoms with van der Waals surface area (Å²) >= 11 is 7.55. The van der Waals surface area contributed by atoms with Crippen molar-refractivity contribution in [1.82, 2.24) is 4.98 Å². The molecular formula is C25H34ClNO3S. The van der Waals surface area contributed by atoms with E-state index >= 15 is 0 Å². The van der Waals surface area contributed by atoms with E-state index in [0.717, 1.165) is 53.2 Å². The van der Waals surface area contributed by atoms with Crippen molar-refractivity contribution >= 4 is 34.7 Å². The molecule has 0 aliphatic heterocycles. The van der Waals surface area contributed by atoms with Gasteiger partial charge in [0.25, 0.3) is 0 Å². The Labute approximate surface area is 195 Å². The average molecular weight is 464 g/mol. The molecule has 0 radical (unpaired) electrons. The number of ether oxygens (including phenoxy) is 1. The first-order chi connectivity index (χ1) is 14.9. The van der Waals surface area contributed by atoms with Gasteiger partial charge in [-0.05, 0) is 45.2 Å². The second-order valence-electron chi connectivity index (χ2n) is 7.81. The van der Waals surface area contributed by atoms with Crippen molar-refractivity contribution in [2.75, 3.05) is 6.61 Å². The highest BCUT2D eigenvalue weighted by atomic mass is 35.5. The van der Waals surface area contributed by atoms with Crippen molar-refractivity contribution in [2.24, 2.45) is 5.41 Å². The Balaban J connectivity index is 0.00000166. The lowest BCUT2D eigenvalue weighted by molar-refractivity contribution is -0.158. The van der Waals surface area contributed by atoms with Crippen LogP contribution in [0.5, 0.6) is 0 Å². The molecule has 1 aliphatic carbocycles. The lowest BCUT2D eigenvalue weighted by Crippen LogP contribution is -2.35. The quantitative estimate of drug-likeness (QED) is 0.388. The number of ketones is 1. The minimum absolute atomic E-state index is 0.123. The Kier molecular flexibility index (Phi) is 10.2. The SMILES string of the molecule is CC.CCOC(=O)C1(CCC(=O)Cc2nc(-c3ccc(Cl)cc3)sc2C)CCCCC1. The Hall–Kier alpha value is -1.72. The molecule has 0 saturated heterocycles. The maximum absolute atomic E-state index is 12.7. The zero-order valence-corrected chi connectivity index (χ0v) is 20.7. The number of Topliss-reactive ketones (excluding diaryl/α,β-unsaturated/α-hetero) is 1. The predicted octanol–water partition coefficient (Wildman–Crippen LogP) is 7.20. The third-order valence-corrected chi connectivity index (χ3v) is 7.06. The number of halogens is 1. The minimum Gasteiger partial charge on any atom is -0.466 e. The molecule has 0 N–H and O–H groups in total. The number of esters is 1. The maximum Gasteiger partial charge on any atom is 0.312 e. The van der Waals surface area contributed by atoms with Gasteiger partial charge < -0.3 is 4.74 Å². The molecule has 1 saturated carbocycles. The Morgan fingerprint density at radius 2 is 1.77 bits per heavy atom. The van der Waals surface area contributed by atoms with Crippen molar-refractivity contribution in [3.05, 3.63) is 39.9 Å². The van der Waals surface area contributed by atoms with E-state index in [1.807, 2.05) is 52.0 Å². The summed E-state index contributed by atoms with van der Waals surface area (Å²) < 4.78 is 5.34. The third-order valence-electron chi connectivity index (χ3n) is 5.75. The van der Waals surface area contributed by atoms with Gasteiger partial charge in [-0.2, -0.15) is 0 Å². The molecule has 3 rings (SSSR count). The van der Waals surface area contributed by atoms with Crippen LogP contribution in [-0.4, -0.2) is 23.3 Å². The summed E-state index contributed by atoms with van der Waals surface area (Å²) in [5, 5.41) is 1.59. The number of carbonyl (C=O) groups is 2. The van der Waals surface area contributed by atoms with Gasteiger partial charge in [-0.1, -0.05) is 56.8 Å². The molecule has 0 atom stereocenters. The van der Waals surface area contributed by atoms with Crippen molar-refractivity contribution in [2.45, 2.75) is 79.1 Å². The fourth-order valence-corrected chi connectivity index (χ4v) is 5.09. The lowest BCUT2D eigenvalue weighted by atomic mass is 9.70. The molecule has 2 aromatic rings. The molecule has 1 aromatic carbocycles. The first kappa shape index (κ1) is 25.5. The van der Waals surface area contributed by atoms with Gasteiger partial charge in [0.05, 0.1) is 17.7 Å². The van der Waals surface area contributed by atoms with Crippen LogP contribution < -0.4 is 0 Å². The molecule has 170 valence electrons. The van der Waals surface area contributed by atoms with Gasteiger partial charge in [-0.15, -0.1) is 11.3 Å². The van der Waals surface area contributed by atoms with Crippen LogP contribution in [0, 0.1) is 12.3 Å². The van der Waals surface area contributed by atoms with Crippen LogP contribution in [0.4, 0.5) is 0 Å². The number of carbonyl (C=O) groups excluding carboxylic acids is 2. The lowest BCUT2D eigenvalue weighted by Gasteiger charge is -2.34. The van der Waals surface area contributed by atoms with Crippen molar-refractivity contribution in [3.8, 4) is 10.6 Å². The van der Waals surface area contributed by atoms with E-state index in [-0.39, 0.29) is 11.8 Å². The number of thiazole rings is 1. The third kappa shape index (κ3) is 6.88. The molecule has 4 nitrogen and oxygen atoms in total. The molecule has 0 unspecified atom stereocenters. The highest BCUT2D eigenvalue weighted by Crippen LogP contribution is 2.41. The van der Waals surface area contributed by atoms with Gasteiger partial charge >= 0.3 is 5.97 Å². The highest BCUT2D eigenvalue weighted by molar-refractivity contribution is 7.15. The number of nitrogens with zero attached hydrogens (tertiary/aromatic N) is 1. The molecule has 6 heteroatoms. The summed E-state index contributed by atoms with van der Waals surface area (Å²) in [6.45, 7) is 8.23. The minimum atomic E-state index is -0.477. The van der Waals surface area contributed by atoms with Crippen LogP contribution in [0.1, 0.15) is 76.3 Å². The van der Waals surface area contributed by atoms with E-state index < -0.39 is 5.41 Å². The summed E-state index contributed by atoms with van der Waals surface area (Å²) in [7, 11) is 0. The van der Waals surface area contributed by atoms with E-state index in [1.165, 1.54) is 0 Å². The van der Waals surface area contributed by atoms with E-state index in [2.05, 4.69) is 4.98 Å². The molecule has 0 bridgehead atoms. The number of benzene rings is 1. The summed E-state index contributed by atoms with van der Waals surface area (Å²) in [5.41, 5.74) is 1.36. The first-order valence-corrected chi connectivity index (χ1v) is 12.5. The summed E-state index contributed by atoms with van der Waals surface area (Å²) in [4.78, 5) is 31.0. The number of aryl methyl sites for hydroxylation is 1. The molecule has 1 heterocycles. The van der Waals surface area contributed by atoms with Crippen molar-refractivity contribution in [3.63, 3.8) is 0 Å². The van der Waals surface area contributed by atoms with E-state index in [9.17, 15) is 9.59 Å². The number of rotatable bonds is 8. The number of aromatic nitrogens is 1. The normalized spacial score (nSPS) is 15.0. The molecule has 31 heavy (non-hydrogen) atoms. The van der Waals surface area contributed by atoms with Crippen molar-refractivity contribution in [1.29, 1.82) is 0 Å².